The van der Waals surface area contributed by atoms with Crippen molar-refractivity contribution in [2.75, 3.05) is 0 Å². The fourth-order valence-corrected chi connectivity index (χ4v) is 2.68. The average Bonchev–Trinajstić information content (AvgIpc) is 2.43. The third kappa shape index (κ3) is 1.03. The van der Waals surface area contributed by atoms with Gasteiger partial charge in [0.1, 0.15) is 0 Å². The van der Waals surface area contributed by atoms with Gasteiger partial charge in [-0.2, -0.15) is 0 Å². The van der Waals surface area contributed by atoms with Gasteiger partial charge in [-0.3, -0.25) is 0 Å². The molecule has 0 aliphatic heterocycles. The van der Waals surface area contributed by atoms with Crippen LogP contribution in [-0.2, 0) is 0 Å². The van der Waals surface area contributed by atoms with Crippen LogP contribution in [0, 0.1) is 0 Å². The van der Waals surface area contributed by atoms with Crippen LogP contribution in [0.2, 0.25) is 0 Å². The molecule has 0 atom stereocenters. The Kier molecular flexibility index (Phi) is 1.61. The second-order valence-electron chi connectivity index (χ2n) is 2.50. The van der Waals surface area contributed by atoms with Crippen molar-refractivity contribution in [1.29, 1.82) is 0 Å². The Hall–Kier alpha value is -1.39. The van der Waals surface area contributed by atoms with Crippen molar-refractivity contribution < 1.29 is 15.3 Å². The van der Waals surface area contributed by atoms with Gasteiger partial charge >= 0.3 is 77.3 Å². The van der Waals surface area contributed by atoms with E-state index in [1.165, 1.54) is 6.07 Å². The molecule has 0 unspecified atom stereocenters. The molecule has 1 aromatic carbocycles. The molecule has 0 aliphatic rings. The van der Waals surface area contributed by atoms with E-state index >= 15 is 0 Å². The maximum atomic E-state index is 11.1. The van der Waals surface area contributed by atoms with Crippen molar-refractivity contribution in [3.8, 4) is 17.2 Å². The van der Waals surface area contributed by atoms with E-state index in [-0.39, 0.29) is 20.1 Å². The predicted molar refractivity (Wildman–Crippen MR) is 46.5 cm³/mol. The fraction of sp³-hybridized carbons (Fsp3) is 0. The number of aromatic amines is 1. The number of phenols is 3. The van der Waals surface area contributed by atoms with E-state index in [1.807, 2.05) is 0 Å². The summed E-state index contributed by atoms with van der Waals surface area (Å²) in [6.07, 6.45) is 0. The number of phenolic OH excluding ortho intramolecular Hbond substituents is 3. The standard InChI is InChI=1S/C7H5NO4Se/c9-2-1-3-4(6(11)5(2)10)7(12)8-13-3/h1,9-11H,(H,8,12). The second kappa shape index (κ2) is 2.55. The first-order valence-electron chi connectivity index (χ1n) is 3.36. The summed E-state index contributed by atoms with van der Waals surface area (Å²) in [6, 6.07) is 1.28. The third-order valence-corrected chi connectivity index (χ3v) is 3.44. The number of nitrogens with one attached hydrogen (secondary N) is 1. The molecule has 1 aromatic heterocycles. The minimum absolute atomic E-state index is 0.0651. The normalized spacial score (nSPS) is 10.8. The first-order valence-corrected chi connectivity index (χ1v) is 5.07. The number of hydrogen-bond acceptors (Lipinski definition) is 4. The summed E-state index contributed by atoms with van der Waals surface area (Å²) in [7, 11) is 0. The van der Waals surface area contributed by atoms with Crippen LogP contribution in [0.4, 0.5) is 0 Å². The van der Waals surface area contributed by atoms with Crippen LogP contribution in [0.5, 0.6) is 17.2 Å². The summed E-state index contributed by atoms with van der Waals surface area (Å²) < 4.78 is 3.07. The van der Waals surface area contributed by atoms with Crippen LogP contribution in [0.25, 0.3) is 9.65 Å². The molecule has 0 aliphatic carbocycles. The quantitative estimate of drug-likeness (QED) is 0.379. The molecular weight excluding hydrogens is 241 g/mol. The predicted octanol–water partition coefficient (Wildman–Crippen LogP) is -0.298. The zero-order valence-electron chi connectivity index (χ0n) is 6.24. The van der Waals surface area contributed by atoms with Gasteiger partial charge in [0, 0.05) is 0 Å². The molecule has 2 aromatic rings. The van der Waals surface area contributed by atoms with Crippen molar-refractivity contribution in [3.63, 3.8) is 0 Å². The van der Waals surface area contributed by atoms with Crippen molar-refractivity contribution >= 4 is 24.4 Å². The second-order valence-corrected chi connectivity index (χ2v) is 4.28. The van der Waals surface area contributed by atoms with Gasteiger partial charge in [-0.15, -0.1) is 0 Å². The van der Waals surface area contributed by atoms with Crippen molar-refractivity contribution in [3.05, 3.63) is 16.4 Å². The van der Waals surface area contributed by atoms with Gasteiger partial charge in [0.15, 0.2) is 0 Å². The Labute approximate surface area is 77.9 Å². The summed E-state index contributed by atoms with van der Waals surface area (Å²) in [5.74, 6) is -1.60. The van der Waals surface area contributed by atoms with Gasteiger partial charge in [-0.25, -0.2) is 0 Å². The molecule has 0 amide bonds. The molecule has 4 N–H and O–H groups in total. The topological polar surface area (TPSA) is 93.6 Å². The van der Waals surface area contributed by atoms with E-state index < -0.39 is 22.8 Å². The number of benzene rings is 1. The van der Waals surface area contributed by atoms with Crippen molar-refractivity contribution in [2.24, 2.45) is 0 Å². The van der Waals surface area contributed by atoms with Crippen LogP contribution in [0.3, 0.4) is 0 Å². The number of hydrogen-bond donors (Lipinski definition) is 4. The number of fused-ring (bicyclic) bond motifs is 1. The van der Waals surface area contributed by atoms with Gasteiger partial charge in [0.05, 0.1) is 0 Å². The molecule has 13 heavy (non-hydrogen) atoms. The Morgan fingerprint density at radius 1 is 1.23 bits per heavy atom. The molecule has 1 heterocycles. The van der Waals surface area contributed by atoms with E-state index in [1.54, 1.807) is 0 Å². The zero-order valence-corrected chi connectivity index (χ0v) is 7.95. The van der Waals surface area contributed by atoms with Crippen molar-refractivity contribution in [2.45, 2.75) is 0 Å². The van der Waals surface area contributed by atoms with Crippen LogP contribution >= 0.6 is 0 Å². The molecule has 2 rings (SSSR count). The van der Waals surface area contributed by atoms with Gasteiger partial charge < -0.3 is 0 Å². The molecule has 0 saturated heterocycles. The van der Waals surface area contributed by atoms with E-state index in [4.69, 9.17) is 10.2 Å². The van der Waals surface area contributed by atoms with Gasteiger partial charge in [0.2, 0.25) is 0 Å². The number of aromatic nitrogens is 1. The van der Waals surface area contributed by atoms with Crippen LogP contribution in [0.1, 0.15) is 0 Å². The average molecular weight is 246 g/mol. The summed E-state index contributed by atoms with van der Waals surface area (Å²) in [4.78, 5) is 11.1. The molecule has 0 radical (unpaired) electrons. The monoisotopic (exact) mass is 247 g/mol. The number of rotatable bonds is 0. The van der Waals surface area contributed by atoms with E-state index in [9.17, 15) is 9.90 Å². The summed E-state index contributed by atoms with van der Waals surface area (Å²) >= 11 is -0.283. The fourth-order valence-electron chi connectivity index (χ4n) is 1.07. The van der Waals surface area contributed by atoms with Gasteiger partial charge in [-0.05, 0) is 0 Å². The number of aromatic hydroxyl groups is 3. The Bertz CT molecular complexity index is 527. The summed E-state index contributed by atoms with van der Waals surface area (Å²) in [5, 5.41) is 27.6. The zero-order chi connectivity index (χ0) is 9.59. The van der Waals surface area contributed by atoms with Gasteiger partial charge in [0.25, 0.3) is 0 Å². The van der Waals surface area contributed by atoms with Crippen LogP contribution < -0.4 is 5.56 Å². The van der Waals surface area contributed by atoms with Crippen molar-refractivity contribution in [1.82, 2.24) is 3.98 Å². The molecule has 6 heteroatoms. The molecule has 0 fully saturated rings. The SMILES string of the molecule is O=c1[nH][se]c2cc(O)c(O)c(O)c12. The molecule has 0 bridgehead atoms. The van der Waals surface area contributed by atoms with E-state index in [2.05, 4.69) is 3.98 Å². The maximum absolute atomic E-state index is 11.1. The Morgan fingerprint density at radius 2 is 1.92 bits per heavy atom. The van der Waals surface area contributed by atoms with Crippen LogP contribution in [-0.4, -0.2) is 34.0 Å². The van der Waals surface area contributed by atoms with Gasteiger partial charge in [-0.1, -0.05) is 0 Å². The first-order chi connectivity index (χ1) is 6.11. The molecule has 5 nitrogen and oxygen atoms in total. The Morgan fingerprint density at radius 3 is 2.62 bits per heavy atom. The van der Waals surface area contributed by atoms with E-state index in [0.717, 1.165) is 0 Å². The summed E-state index contributed by atoms with van der Waals surface area (Å²) in [5.41, 5.74) is -0.414. The third-order valence-electron chi connectivity index (χ3n) is 1.70. The Balaban J connectivity index is 3.06. The minimum atomic E-state index is -0.647. The van der Waals surface area contributed by atoms with E-state index in [0.29, 0.717) is 4.26 Å². The first kappa shape index (κ1) is 8.22. The van der Waals surface area contributed by atoms with Crippen LogP contribution in [0.15, 0.2) is 10.9 Å². The molecule has 68 valence electrons. The number of H-pyrrole nitrogens is 1. The molecule has 0 saturated carbocycles. The summed E-state index contributed by atoms with van der Waals surface area (Å²) in [6.45, 7) is 0. The molecule has 0 spiro atoms. The molecular formula is C7H5NO4Se.